The number of nitrogens with two attached hydrogens (primary N) is 1. The van der Waals surface area contributed by atoms with Gasteiger partial charge in [-0.1, -0.05) is 49.6 Å². The van der Waals surface area contributed by atoms with E-state index in [-0.39, 0.29) is 23.9 Å². The maximum atomic E-state index is 12.3. The van der Waals surface area contributed by atoms with E-state index in [0.29, 0.717) is 5.92 Å². The van der Waals surface area contributed by atoms with Crippen LogP contribution in [-0.2, 0) is 4.79 Å². The maximum Gasteiger partial charge on any atom is 0.224 e. The number of hydrogen-bond acceptors (Lipinski definition) is 2. The van der Waals surface area contributed by atoms with Crippen LogP contribution >= 0.6 is 0 Å². The fraction of sp³-hybridized carbons (Fsp3) is 0.588. The summed E-state index contributed by atoms with van der Waals surface area (Å²) < 4.78 is 0. The van der Waals surface area contributed by atoms with Crippen molar-refractivity contribution in [2.75, 3.05) is 0 Å². The zero-order chi connectivity index (χ0) is 13.9. The maximum absolute atomic E-state index is 12.3. The molecule has 0 bridgehead atoms. The topological polar surface area (TPSA) is 55.1 Å². The summed E-state index contributed by atoms with van der Waals surface area (Å²) in [6.45, 7) is 0. The van der Waals surface area contributed by atoms with Gasteiger partial charge in [-0.25, -0.2) is 0 Å². The number of carbonyl (C=O) groups excluding carboxylic acids is 1. The summed E-state index contributed by atoms with van der Waals surface area (Å²) in [5.74, 6) is 0.784. The van der Waals surface area contributed by atoms with Gasteiger partial charge in [0.15, 0.2) is 0 Å². The van der Waals surface area contributed by atoms with Gasteiger partial charge in [0.25, 0.3) is 0 Å². The van der Waals surface area contributed by atoms with E-state index in [1.54, 1.807) is 0 Å². The van der Waals surface area contributed by atoms with Crippen molar-refractivity contribution in [2.45, 2.75) is 56.5 Å². The van der Waals surface area contributed by atoms with Crippen LogP contribution in [0.15, 0.2) is 30.3 Å². The Morgan fingerprint density at radius 1 is 1.10 bits per heavy atom. The lowest BCUT2D eigenvalue weighted by Crippen LogP contribution is -2.47. The summed E-state index contributed by atoms with van der Waals surface area (Å²) in [6.07, 6.45) is 6.69. The molecule has 2 saturated carbocycles. The minimum absolute atomic E-state index is 0.135. The molecule has 20 heavy (non-hydrogen) atoms. The average molecular weight is 272 g/mol. The Morgan fingerprint density at radius 2 is 1.85 bits per heavy atom. The Hall–Kier alpha value is -1.35. The molecular formula is C17H24N2O. The zero-order valence-corrected chi connectivity index (χ0v) is 11.9. The molecule has 0 heterocycles. The van der Waals surface area contributed by atoms with Gasteiger partial charge < -0.3 is 11.1 Å². The molecule has 2 aliphatic carbocycles. The number of amides is 1. The third kappa shape index (κ3) is 3.04. The first-order chi connectivity index (χ1) is 9.75. The van der Waals surface area contributed by atoms with Crippen LogP contribution in [0, 0.1) is 5.92 Å². The molecule has 0 aromatic heterocycles. The number of rotatable bonds is 3. The average Bonchev–Trinajstić information content (AvgIpc) is 3.27. The second-order valence-corrected chi connectivity index (χ2v) is 6.28. The van der Waals surface area contributed by atoms with Crippen LogP contribution in [0.3, 0.4) is 0 Å². The van der Waals surface area contributed by atoms with Crippen molar-refractivity contribution in [3.8, 4) is 0 Å². The minimum atomic E-state index is 0.135. The van der Waals surface area contributed by atoms with E-state index in [1.165, 1.54) is 24.8 Å². The van der Waals surface area contributed by atoms with Crippen molar-refractivity contribution in [3.63, 3.8) is 0 Å². The smallest absolute Gasteiger partial charge is 0.224 e. The number of nitrogens with one attached hydrogen (secondary N) is 1. The van der Waals surface area contributed by atoms with Crippen molar-refractivity contribution < 1.29 is 4.79 Å². The van der Waals surface area contributed by atoms with Crippen molar-refractivity contribution in [1.82, 2.24) is 5.32 Å². The second-order valence-electron chi connectivity index (χ2n) is 6.28. The van der Waals surface area contributed by atoms with E-state index in [1.807, 2.05) is 18.2 Å². The summed E-state index contributed by atoms with van der Waals surface area (Å²) in [6, 6.07) is 10.7. The van der Waals surface area contributed by atoms with Crippen LogP contribution < -0.4 is 11.1 Å². The Balaban J connectivity index is 1.55. The van der Waals surface area contributed by atoms with Gasteiger partial charge in [-0.2, -0.15) is 0 Å². The van der Waals surface area contributed by atoms with Crippen molar-refractivity contribution in [2.24, 2.45) is 11.7 Å². The third-order valence-corrected chi connectivity index (χ3v) is 4.75. The molecule has 1 aromatic rings. The molecule has 0 saturated heterocycles. The lowest BCUT2D eigenvalue weighted by molar-refractivity contribution is -0.123. The summed E-state index contributed by atoms with van der Waals surface area (Å²) in [7, 11) is 0. The van der Waals surface area contributed by atoms with E-state index in [4.69, 9.17) is 5.73 Å². The van der Waals surface area contributed by atoms with E-state index in [2.05, 4.69) is 17.4 Å². The number of benzene rings is 1. The minimum Gasteiger partial charge on any atom is -0.352 e. The lowest BCUT2D eigenvalue weighted by Gasteiger charge is -2.22. The molecule has 0 radical (unpaired) electrons. The summed E-state index contributed by atoms with van der Waals surface area (Å²) in [4.78, 5) is 12.3. The Morgan fingerprint density at radius 3 is 2.65 bits per heavy atom. The molecule has 0 spiro atoms. The van der Waals surface area contributed by atoms with Crippen LogP contribution in [0.5, 0.6) is 0 Å². The normalized spacial score (nSPS) is 33.2. The van der Waals surface area contributed by atoms with Crippen LogP contribution in [-0.4, -0.2) is 18.0 Å². The Bertz CT molecular complexity index is 459. The summed E-state index contributed by atoms with van der Waals surface area (Å²) in [5.41, 5.74) is 7.47. The van der Waals surface area contributed by atoms with Crippen molar-refractivity contribution in [1.29, 1.82) is 0 Å². The highest BCUT2D eigenvalue weighted by Gasteiger charge is 2.44. The van der Waals surface area contributed by atoms with Gasteiger partial charge in [0.2, 0.25) is 5.91 Å². The van der Waals surface area contributed by atoms with Gasteiger partial charge in [-0.05, 0) is 30.7 Å². The fourth-order valence-corrected chi connectivity index (χ4v) is 3.36. The molecule has 3 heteroatoms. The predicted molar refractivity (Wildman–Crippen MR) is 80.3 cm³/mol. The van der Waals surface area contributed by atoms with Gasteiger partial charge in [0, 0.05) is 18.0 Å². The highest BCUT2D eigenvalue weighted by Crippen LogP contribution is 2.47. The number of carbonyl (C=O) groups is 1. The third-order valence-electron chi connectivity index (χ3n) is 4.75. The molecule has 3 N–H and O–H groups in total. The largest absolute Gasteiger partial charge is 0.352 e. The van der Waals surface area contributed by atoms with Crippen LogP contribution in [0.4, 0.5) is 0 Å². The van der Waals surface area contributed by atoms with Gasteiger partial charge in [-0.3, -0.25) is 4.79 Å². The molecule has 2 aliphatic rings. The Kier molecular flexibility index (Phi) is 4.06. The second kappa shape index (κ2) is 5.96. The summed E-state index contributed by atoms with van der Waals surface area (Å²) in [5, 5.41) is 3.21. The lowest BCUT2D eigenvalue weighted by atomic mass is 10.0. The fourth-order valence-electron chi connectivity index (χ4n) is 3.36. The summed E-state index contributed by atoms with van der Waals surface area (Å²) >= 11 is 0. The molecule has 1 amide bonds. The number of hydrogen-bond donors (Lipinski definition) is 2. The van der Waals surface area contributed by atoms with E-state index in [0.717, 1.165) is 19.3 Å². The first-order valence-corrected chi connectivity index (χ1v) is 7.86. The van der Waals surface area contributed by atoms with Crippen molar-refractivity contribution in [3.05, 3.63) is 35.9 Å². The first kappa shape index (κ1) is 13.6. The van der Waals surface area contributed by atoms with Gasteiger partial charge >= 0.3 is 0 Å². The Labute approximate surface area is 120 Å². The molecule has 4 atom stereocenters. The highest BCUT2D eigenvalue weighted by atomic mass is 16.2. The first-order valence-electron chi connectivity index (χ1n) is 7.86. The molecule has 4 unspecified atom stereocenters. The van der Waals surface area contributed by atoms with Crippen LogP contribution in [0.2, 0.25) is 0 Å². The highest BCUT2D eigenvalue weighted by molar-refractivity contribution is 5.83. The van der Waals surface area contributed by atoms with Crippen LogP contribution in [0.25, 0.3) is 0 Å². The van der Waals surface area contributed by atoms with Crippen LogP contribution in [0.1, 0.15) is 50.0 Å². The quantitative estimate of drug-likeness (QED) is 0.831. The van der Waals surface area contributed by atoms with Gasteiger partial charge in [0.05, 0.1) is 0 Å². The molecule has 3 rings (SSSR count). The molecule has 1 aromatic carbocycles. The molecule has 3 nitrogen and oxygen atoms in total. The molecular weight excluding hydrogens is 248 g/mol. The zero-order valence-electron chi connectivity index (χ0n) is 11.9. The van der Waals surface area contributed by atoms with Gasteiger partial charge in [-0.15, -0.1) is 0 Å². The standard InChI is InChI=1S/C17H24N2O/c18-15-9-5-2-6-10-16(15)19-17(20)14-11-13(14)12-7-3-1-4-8-12/h1,3-4,7-8,13-16H,2,5-6,9-11,18H2,(H,19,20). The van der Waals surface area contributed by atoms with Crippen molar-refractivity contribution >= 4 is 5.91 Å². The van der Waals surface area contributed by atoms with E-state index < -0.39 is 0 Å². The molecule has 108 valence electrons. The monoisotopic (exact) mass is 272 g/mol. The van der Waals surface area contributed by atoms with E-state index >= 15 is 0 Å². The predicted octanol–water partition coefficient (Wildman–Crippen LogP) is 2.57. The van der Waals surface area contributed by atoms with Gasteiger partial charge in [0.1, 0.15) is 0 Å². The molecule has 0 aliphatic heterocycles. The molecule has 2 fully saturated rings. The SMILES string of the molecule is NC1CCCCCC1NC(=O)C1CC1c1ccccc1. The van der Waals surface area contributed by atoms with E-state index in [9.17, 15) is 4.79 Å².